The van der Waals surface area contributed by atoms with Crippen molar-refractivity contribution < 1.29 is 32.3 Å². The maximum absolute atomic E-state index is 13.2. The number of carboxylic acid groups (broad SMARTS) is 1. The smallest absolute Gasteiger partial charge is 0.408 e. The molecule has 1 aliphatic rings. The van der Waals surface area contributed by atoms with Gasteiger partial charge in [0.05, 0.1) is 32.5 Å². The number of benzene rings is 2. The second kappa shape index (κ2) is 10.4. The quantitative estimate of drug-likeness (QED) is 0.277. The summed E-state index contributed by atoms with van der Waals surface area (Å²) in [5, 5.41) is 18.4. The molecule has 1 saturated carbocycles. The van der Waals surface area contributed by atoms with Gasteiger partial charge in [0.15, 0.2) is 11.4 Å². The van der Waals surface area contributed by atoms with Crippen molar-refractivity contribution in [2.45, 2.75) is 63.2 Å². The van der Waals surface area contributed by atoms with Crippen LogP contribution in [0.2, 0.25) is 0 Å². The first-order valence-electron chi connectivity index (χ1n) is 12.7. The summed E-state index contributed by atoms with van der Waals surface area (Å²) in [6.07, 6.45) is 4.25. The van der Waals surface area contributed by atoms with Crippen LogP contribution in [-0.4, -0.2) is 58.2 Å². The molecule has 1 fully saturated rings. The first kappa shape index (κ1) is 27.3. The summed E-state index contributed by atoms with van der Waals surface area (Å²) in [4.78, 5) is 13.0. The van der Waals surface area contributed by atoms with Crippen LogP contribution in [0.4, 0.5) is 10.6 Å². The van der Waals surface area contributed by atoms with Crippen LogP contribution < -0.4 is 14.2 Å². The Hall–Kier alpha value is -4.26. The van der Waals surface area contributed by atoms with Gasteiger partial charge >= 0.3 is 6.09 Å². The first-order valence-corrected chi connectivity index (χ1v) is 14.2. The van der Waals surface area contributed by atoms with Crippen molar-refractivity contribution in [3.63, 3.8) is 0 Å². The van der Waals surface area contributed by atoms with E-state index >= 15 is 0 Å². The SMILES string of the molecule is COc1ccccc1S(=O)(=O)Nc1noc2cc(Cn3cc(CN(C(=O)O)C(C)(C)C)cn3)cc(OC3CC3)c12. The Labute approximate surface area is 231 Å². The molecule has 212 valence electrons. The lowest BCUT2D eigenvalue weighted by Crippen LogP contribution is -2.44. The minimum atomic E-state index is -4.04. The molecule has 4 aromatic rings. The van der Waals surface area contributed by atoms with E-state index in [1.807, 2.05) is 26.8 Å². The van der Waals surface area contributed by atoms with Crippen LogP contribution in [0.1, 0.15) is 44.7 Å². The Morgan fingerprint density at radius 3 is 2.62 bits per heavy atom. The van der Waals surface area contributed by atoms with Gasteiger partial charge in [-0.3, -0.25) is 14.3 Å². The van der Waals surface area contributed by atoms with Crippen molar-refractivity contribution >= 4 is 32.9 Å². The third kappa shape index (κ3) is 5.83. The van der Waals surface area contributed by atoms with Gasteiger partial charge in [-0.2, -0.15) is 5.10 Å². The average molecular weight is 570 g/mol. The van der Waals surface area contributed by atoms with Crippen LogP contribution in [-0.2, 0) is 23.1 Å². The molecule has 1 amide bonds. The predicted molar refractivity (Wildman–Crippen MR) is 146 cm³/mol. The molecule has 13 heteroatoms. The Morgan fingerprint density at radius 2 is 1.95 bits per heavy atom. The van der Waals surface area contributed by atoms with E-state index in [1.165, 1.54) is 18.1 Å². The Morgan fingerprint density at radius 1 is 1.20 bits per heavy atom. The number of para-hydroxylation sites is 1. The molecule has 0 atom stereocenters. The molecule has 1 aliphatic carbocycles. The minimum absolute atomic E-state index is 0.0143. The second-order valence-electron chi connectivity index (χ2n) is 10.7. The zero-order chi connectivity index (χ0) is 28.7. The van der Waals surface area contributed by atoms with Gasteiger partial charge in [-0.15, -0.1) is 0 Å². The molecule has 5 rings (SSSR count). The normalized spacial score (nSPS) is 13.8. The topological polar surface area (TPSA) is 149 Å². The van der Waals surface area contributed by atoms with Gasteiger partial charge in [0, 0.05) is 17.3 Å². The lowest BCUT2D eigenvalue weighted by molar-refractivity contribution is 0.0955. The summed E-state index contributed by atoms with van der Waals surface area (Å²) in [5.74, 6) is 0.665. The summed E-state index contributed by atoms with van der Waals surface area (Å²) in [6, 6.07) is 9.86. The number of fused-ring (bicyclic) bond motifs is 1. The van der Waals surface area contributed by atoms with Crippen molar-refractivity contribution in [2.24, 2.45) is 0 Å². The van der Waals surface area contributed by atoms with Crippen LogP contribution in [0, 0.1) is 0 Å². The highest BCUT2D eigenvalue weighted by Crippen LogP contribution is 2.39. The van der Waals surface area contributed by atoms with E-state index in [1.54, 1.807) is 41.3 Å². The molecule has 0 spiro atoms. The fourth-order valence-corrected chi connectivity index (χ4v) is 5.45. The highest BCUT2D eigenvalue weighted by Gasteiger charge is 2.29. The lowest BCUT2D eigenvalue weighted by atomic mass is 10.1. The van der Waals surface area contributed by atoms with Gasteiger partial charge in [-0.1, -0.05) is 17.3 Å². The number of ether oxygens (including phenoxy) is 2. The van der Waals surface area contributed by atoms with Crippen molar-refractivity contribution in [1.82, 2.24) is 19.8 Å². The van der Waals surface area contributed by atoms with E-state index in [0.29, 0.717) is 23.3 Å². The number of nitrogens with one attached hydrogen (secondary N) is 1. The van der Waals surface area contributed by atoms with Crippen molar-refractivity contribution in [3.05, 3.63) is 59.9 Å². The largest absolute Gasteiger partial charge is 0.495 e. The van der Waals surface area contributed by atoms with E-state index < -0.39 is 21.7 Å². The van der Waals surface area contributed by atoms with E-state index in [0.717, 1.165) is 24.0 Å². The number of sulfonamides is 1. The molecular weight excluding hydrogens is 538 g/mol. The average Bonchev–Trinajstić information content (AvgIpc) is 3.45. The van der Waals surface area contributed by atoms with Crippen LogP contribution in [0.25, 0.3) is 11.0 Å². The zero-order valence-corrected chi connectivity index (χ0v) is 23.4. The van der Waals surface area contributed by atoms with Gasteiger partial charge in [0.2, 0.25) is 0 Å². The summed E-state index contributed by atoms with van der Waals surface area (Å²) >= 11 is 0. The summed E-state index contributed by atoms with van der Waals surface area (Å²) in [7, 11) is -2.64. The van der Waals surface area contributed by atoms with Gasteiger partial charge < -0.3 is 19.1 Å². The predicted octanol–water partition coefficient (Wildman–Crippen LogP) is 4.70. The number of hydrogen-bond acceptors (Lipinski definition) is 8. The summed E-state index contributed by atoms with van der Waals surface area (Å²) < 4.78 is 47.5. The number of amides is 1. The van der Waals surface area contributed by atoms with Gasteiger partial charge in [0.1, 0.15) is 21.8 Å². The number of anilines is 1. The number of aromatic nitrogens is 3. The second-order valence-corrected chi connectivity index (χ2v) is 12.3. The standard InChI is InChI=1S/C27H31N5O7S/c1-27(2,3)32(26(33)34)16-18-13-28-31(15-18)14-17-11-21(38-19-9-10-19)24-22(12-17)39-29-25(24)30-40(35,36)23-8-6-5-7-20(23)37-4/h5-8,11-13,15,19H,9-10,14,16H2,1-4H3,(H,29,30)(H,33,34). The lowest BCUT2D eigenvalue weighted by Gasteiger charge is -2.32. The van der Waals surface area contributed by atoms with Crippen molar-refractivity contribution in [3.8, 4) is 11.5 Å². The fourth-order valence-electron chi connectivity index (χ4n) is 4.27. The van der Waals surface area contributed by atoms with Crippen LogP contribution in [0.15, 0.2) is 58.2 Å². The highest BCUT2D eigenvalue weighted by molar-refractivity contribution is 7.92. The molecule has 2 aromatic carbocycles. The molecule has 2 N–H and O–H groups in total. The monoisotopic (exact) mass is 569 g/mol. The number of hydrogen-bond donors (Lipinski definition) is 2. The van der Waals surface area contributed by atoms with E-state index in [2.05, 4.69) is 15.0 Å². The third-order valence-electron chi connectivity index (χ3n) is 6.42. The molecule has 2 heterocycles. The van der Waals surface area contributed by atoms with Crippen molar-refractivity contribution in [2.75, 3.05) is 11.8 Å². The summed E-state index contributed by atoms with van der Waals surface area (Å²) in [5.41, 5.74) is 1.33. The van der Waals surface area contributed by atoms with E-state index in [9.17, 15) is 18.3 Å². The molecule has 0 saturated heterocycles. The number of carbonyl (C=O) groups is 1. The number of methoxy groups -OCH3 is 1. The van der Waals surface area contributed by atoms with Crippen LogP contribution in [0.5, 0.6) is 11.5 Å². The Bertz CT molecular complexity index is 1650. The van der Waals surface area contributed by atoms with Crippen molar-refractivity contribution in [1.29, 1.82) is 0 Å². The molecule has 0 aliphatic heterocycles. The fraction of sp³-hybridized carbons (Fsp3) is 0.370. The minimum Gasteiger partial charge on any atom is -0.495 e. The highest BCUT2D eigenvalue weighted by atomic mass is 32.2. The molecular formula is C27H31N5O7S. The molecule has 0 bridgehead atoms. The first-order chi connectivity index (χ1) is 18.9. The summed E-state index contributed by atoms with van der Waals surface area (Å²) in [6.45, 7) is 6.06. The van der Waals surface area contributed by atoms with Gasteiger partial charge in [0.25, 0.3) is 10.0 Å². The van der Waals surface area contributed by atoms with E-state index in [-0.39, 0.29) is 29.1 Å². The maximum Gasteiger partial charge on any atom is 0.408 e. The molecule has 40 heavy (non-hydrogen) atoms. The molecule has 12 nitrogen and oxygen atoms in total. The maximum atomic E-state index is 13.2. The Kier molecular flexibility index (Phi) is 7.08. The molecule has 0 unspecified atom stereocenters. The molecule has 2 aromatic heterocycles. The van der Waals surface area contributed by atoms with Gasteiger partial charge in [-0.05, 0) is 63.4 Å². The Balaban J connectivity index is 1.43. The van der Waals surface area contributed by atoms with Crippen LogP contribution in [0.3, 0.4) is 0 Å². The number of nitrogens with zero attached hydrogens (tertiary/aromatic N) is 4. The molecule has 0 radical (unpaired) electrons. The zero-order valence-electron chi connectivity index (χ0n) is 22.6. The van der Waals surface area contributed by atoms with E-state index in [4.69, 9.17) is 14.0 Å². The number of rotatable bonds is 10. The third-order valence-corrected chi connectivity index (χ3v) is 7.80. The van der Waals surface area contributed by atoms with Gasteiger partial charge in [-0.25, -0.2) is 13.2 Å². The van der Waals surface area contributed by atoms with Crippen LogP contribution >= 0.6 is 0 Å².